The van der Waals surface area contributed by atoms with Crippen LogP contribution in [-0.4, -0.2) is 28.2 Å². The van der Waals surface area contributed by atoms with E-state index in [0.29, 0.717) is 11.1 Å². The van der Waals surface area contributed by atoms with E-state index in [0.717, 1.165) is 12.8 Å². The minimum Gasteiger partial charge on any atom is -0.480 e. The van der Waals surface area contributed by atoms with Gasteiger partial charge in [0.25, 0.3) is 0 Å². The molecule has 0 radical (unpaired) electrons. The van der Waals surface area contributed by atoms with Gasteiger partial charge in [0.1, 0.15) is 6.04 Å². The van der Waals surface area contributed by atoms with E-state index >= 15 is 0 Å². The van der Waals surface area contributed by atoms with Crippen molar-refractivity contribution in [3.05, 3.63) is 12.2 Å². The normalized spacial score (nSPS) is 23.2. The average molecular weight is 285 g/mol. The maximum Gasteiger partial charge on any atom is 0.321 e. The maximum atomic E-state index is 10.8. The molecule has 0 aromatic carbocycles. The Morgan fingerprint density at radius 2 is 2.00 bits per heavy atom. The minimum absolute atomic E-state index is 0.315. The fraction of sp³-hybridized carbons (Fsp3) is 0.800. The first-order valence-corrected chi connectivity index (χ1v) is 8.54. The van der Waals surface area contributed by atoms with Crippen LogP contribution in [0.15, 0.2) is 12.2 Å². The highest BCUT2D eigenvalue weighted by atomic mass is 32.2. The highest BCUT2D eigenvalue weighted by Gasteiger charge is 2.28. The number of carboxylic acid groups (broad SMARTS) is 1. The molecule has 1 saturated heterocycles. The highest BCUT2D eigenvalue weighted by molar-refractivity contribution is 8.00. The molecule has 0 aliphatic carbocycles. The molecule has 1 fully saturated rings. The Morgan fingerprint density at radius 1 is 1.26 bits per heavy atom. The van der Waals surface area contributed by atoms with Crippen LogP contribution >= 0.6 is 11.8 Å². The lowest BCUT2D eigenvalue weighted by molar-refractivity contribution is -0.138. The van der Waals surface area contributed by atoms with Gasteiger partial charge in [0.15, 0.2) is 0 Å². The summed E-state index contributed by atoms with van der Waals surface area (Å²) in [5.74, 6) is -0.0288. The van der Waals surface area contributed by atoms with Crippen molar-refractivity contribution in [2.24, 2.45) is 0 Å². The molecule has 0 saturated carbocycles. The molecule has 0 bridgehead atoms. The zero-order valence-corrected chi connectivity index (χ0v) is 12.8. The third-order valence-electron chi connectivity index (χ3n) is 3.39. The number of aliphatic carboxylic acids is 1. The van der Waals surface area contributed by atoms with Crippen molar-refractivity contribution in [2.75, 3.05) is 5.75 Å². The monoisotopic (exact) mass is 285 g/mol. The summed E-state index contributed by atoms with van der Waals surface area (Å²) in [6.45, 7) is 2.24. The fourth-order valence-corrected chi connectivity index (χ4v) is 3.42. The van der Waals surface area contributed by atoms with E-state index in [1.807, 2.05) is 0 Å². The molecular formula is C15H27NO2S. The Bertz CT molecular complexity index is 281. The predicted octanol–water partition coefficient (Wildman–Crippen LogP) is 3.80. The number of carboxylic acids is 1. The van der Waals surface area contributed by atoms with Gasteiger partial charge in [-0.25, -0.2) is 0 Å². The molecular weight excluding hydrogens is 258 g/mol. The Morgan fingerprint density at radius 3 is 2.68 bits per heavy atom. The summed E-state index contributed by atoms with van der Waals surface area (Å²) in [6.07, 6.45) is 14.5. The van der Waals surface area contributed by atoms with Crippen LogP contribution in [0, 0.1) is 0 Å². The van der Waals surface area contributed by atoms with Gasteiger partial charge in [-0.05, 0) is 25.7 Å². The number of rotatable bonds is 10. The van der Waals surface area contributed by atoms with Crippen molar-refractivity contribution in [3.63, 3.8) is 0 Å². The van der Waals surface area contributed by atoms with Crippen LogP contribution in [-0.2, 0) is 4.79 Å². The van der Waals surface area contributed by atoms with Gasteiger partial charge < -0.3 is 5.11 Å². The van der Waals surface area contributed by atoms with E-state index in [9.17, 15) is 4.79 Å². The lowest BCUT2D eigenvalue weighted by atomic mass is 10.1. The molecule has 1 aliphatic rings. The second-order valence-corrected chi connectivity index (χ2v) is 6.37. The van der Waals surface area contributed by atoms with Gasteiger partial charge in [-0.2, -0.15) is 0 Å². The van der Waals surface area contributed by atoms with Gasteiger partial charge >= 0.3 is 5.97 Å². The van der Waals surface area contributed by atoms with E-state index in [4.69, 9.17) is 5.11 Å². The molecule has 2 unspecified atom stereocenters. The second kappa shape index (κ2) is 10.3. The molecule has 4 heteroatoms. The topological polar surface area (TPSA) is 49.3 Å². The fourth-order valence-electron chi connectivity index (χ4n) is 2.19. The van der Waals surface area contributed by atoms with Crippen LogP contribution in [0.25, 0.3) is 0 Å². The van der Waals surface area contributed by atoms with E-state index in [2.05, 4.69) is 24.4 Å². The first-order valence-electron chi connectivity index (χ1n) is 7.49. The van der Waals surface area contributed by atoms with Crippen molar-refractivity contribution in [1.82, 2.24) is 5.32 Å². The Hall–Kier alpha value is -0.480. The zero-order chi connectivity index (χ0) is 13.9. The van der Waals surface area contributed by atoms with Gasteiger partial charge in [-0.3, -0.25) is 10.1 Å². The molecule has 19 heavy (non-hydrogen) atoms. The molecule has 1 heterocycles. The van der Waals surface area contributed by atoms with E-state index in [1.54, 1.807) is 11.8 Å². The molecule has 0 aromatic heterocycles. The number of unbranched alkanes of at least 4 members (excludes halogenated alkanes) is 5. The van der Waals surface area contributed by atoms with Gasteiger partial charge in [-0.1, -0.05) is 44.8 Å². The molecule has 110 valence electrons. The molecule has 0 aromatic rings. The SMILES string of the molecule is CCCCCCCC=CCCC1NC(C(=O)O)CS1. The first kappa shape index (κ1) is 16.6. The molecule has 0 spiro atoms. The molecule has 1 rings (SSSR count). The van der Waals surface area contributed by atoms with Crippen LogP contribution < -0.4 is 5.32 Å². The van der Waals surface area contributed by atoms with Gasteiger partial charge in [0, 0.05) is 5.75 Å². The zero-order valence-electron chi connectivity index (χ0n) is 11.9. The number of thioether (sulfide) groups is 1. The number of allylic oxidation sites excluding steroid dienone is 2. The minimum atomic E-state index is -0.724. The van der Waals surface area contributed by atoms with Crippen molar-refractivity contribution >= 4 is 17.7 Å². The lowest BCUT2D eigenvalue weighted by Crippen LogP contribution is -2.36. The molecule has 2 atom stereocenters. The summed E-state index contributed by atoms with van der Waals surface area (Å²) in [4.78, 5) is 10.8. The third kappa shape index (κ3) is 7.63. The average Bonchev–Trinajstić information content (AvgIpc) is 2.86. The first-order chi connectivity index (χ1) is 9.24. The quantitative estimate of drug-likeness (QED) is 0.473. The van der Waals surface area contributed by atoms with Crippen LogP contribution in [0.2, 0.25) is 0 Å². The number of carbonyl (C=O) groups is 1. The van der Waals surface area contributed by atoms with Crippen molar-refractivity contribution in [3.8, 4) is 0 Å². The third-order valence-corrected chi connectivity index (χ3v) is 4.69. The second-order valence-electron chi connectivity index (χ2n) is 5.13. The highest BCUT2D eigenvalue weighted by Crippen LogP contribution is 2.22. The summed E-state index contributed by atoms with van der Waals surface area (Å²) in [5, 5.41) is 12.3. The number of nitrogens with one attached hydrogen (secondary N) is 1. The molecule has 0 amide bonds. The van der Waals surface area contributed by atoms with Crippen LogP contribution in [0.4, 0.5) is 0 Å². The summed E-state index contributed by atoms with van der Waals surface area (Å²) in [6, 6.07) is -0.349. The Kier molecular flexibility index (Phi) is 9.01. The lowest BCUT2D eigenvalue weighted by Gasteiger charge is -2.08. The number of hydrogen-bond donors (Lipinski definition) is 2. The van der Waals surface area contributed by atoms with Crippen LogP contribution in [0.1, 0.15) is 58.3 Å². The van der Waals surface area contributed by atoms with Gasteiger partial charge in [0.2, 0.25) is 0 Å². The van der Waals surface area contributed by atoms with Gasteiger partial charge in [-0.15, -0.1) is 11.8 Å². The Balaban J connectivity index is 1.94. The van der Waals surface area contributed by atoms with Crippen molar-refractivity contribution < 1.29 is 9.90 Å². The Labute approximate surface area is 121 Å². The van der Waals surface area contributed by atoms with Crippen molar-refractivity contribution in [2.45, 2.75) is 69.7 Å². The summed E-state index contributed by atoms with van der Waals surface area (Å²) < 4.78 is 0. The van der Waals surface area contributed by atoms with E-state index in [1.165, 1.54) is 38.5 Å². The van der Waals surface area contributed by atoms with Crippen molar-refractivity contribution in [1.29, 1.82) is 0 Å². The van der Waals surface area contributed by atoms with Crippen LogP contribution in [0.5, 0.6) is 0 Å². The summed E-state index contributed by atoms with van der Waals surface area (Å²) >= 11 is 1.73. The standard InChI is InChI=1S/C15H27NO2S/c1-2-3-4-5-6-7-8-9-10-11-14-16-13(12-19-14)15(17)18/h8-9,13-14,16H,2-7,10-12H2,1H3,(H,17,18). The molecule has 1 aliphatic heterocycles. The van der Waals surface area contributed by atoms with Crippen LogP contribution in [0.3, 0.4) is 0 Å². The molecule has 3 nitrogen and oxygen atoms in total. The van der Waals surface area contributed by atoms with E-state index in [-0.39, 0.29) is 6.04 Å². The smallest absolute Gasteiger partial charge is 0.321 e. The largest absolute Gasteiger partial charge is 0.480 e. The van der Waals surface area contributed by atoms with E-state index < -0.39 is 5.97 Å². The summed E-state index contributed by atoms with van der Waals surface area (Å²) in [5.41, 5.74) is 0. The molecule has 2 N–H and O–H groups in total. The number of hydrogen-bond acceptors (Lipinski definition) is 3. The summed E-state index contributed by atoms with van der Waals surface area (Å²) in [7, 11) is 0. The maximum absolute atomic E-state index is 10.8. The van der Waals surface area contributed by atoms with Gasteiger partial charge in [0.05, 0.1) is 5.37 Å². The predicted molar refractivity (Wildman–Crippen MR) is 82.6 cm³/mol.